The lowest BCUT2D eigenvalue weighted by Gasteiger charge is -2.18. The summed E-state index contributed by atoms with van der Waals surface area (Å²) in [5.74, 6) is 0. The molecule has 0 amide bonds. The van der Waals surface area contributed by atoms with E-state index < -0.39 is 0 Å². The van der Waals surface area contributed by atoms with E-state index >= 15 is 0 Å². The molecule has 0 fully saturated rings. The van der Waals surface area contributed by atoms with E-state index in [1.807, 2.05) is 36.7 Å². The fourth-order valence-electron chi connectivity index (χ4n) is 8.54. The summed E-state index contributed by atoms with van der Waals surface area (Å²) in [4.78, 5) is 9.39. The summed E-state index contributed by atoms with van der Waals surface area (Å²) in [7, 11) is 0. The Labute approximate surface area is 349 Å². The summed E-state index contributed by atoms with van der Waals surface area (Å²) in [6.45, 7) is 0. The van der Waals surface area contributed by atoms with Crippen molar-refractivity contribution in [3.05, 3.63) is 231 Å². The predicted molar refractivity (Wildman–Crippen MR) is 248 cm³/mol. The molecule has 282 valence electrons. The molecule has 0 bridgehead atoms. The standard InChI is InChI=1S/C56H38N4/c1-3-15-41(16-4-1)55-36-43-19-7-9-23-53(43)59(55)49-34-46(35-50(38-49)60-54-24-10-8-20-44(54)37-56(60)42-17-5-2-6-18-42)40-27-25-39(26-28-40)45-31-47(51-21-11-13-29-57-51)33-48(32-45)52-22-12-14-30-58-52/h1-38H. The van der Waals surface area contributed by atoms with Gasteiger partial charge in [-0.15, -0.1) is 0 Å². The van der Waals surface area contributed by atoms with Crippen molar-refractivity contribution < 1.29 is 0 Å². The predicted octanol–water partition coefficient (Wildman–Crippen LogP) is 14.4. The fraction of sp³-hybridized carbons (Fsp3) is 0. The molecular formula is C56H38N4. The van der Waals surface area contributed by atoms with Crippen molar-refractivity contribution in [3.63, 3.8) is 0 Å². The number of aromatic nitrogens is 4. The minimum absolute atomic E-state index is 0.928. The molecule has 11 rings (SSSR count). The van der Waals surface area contributed by atoms with Crippen LogP contribution in [0.3, 0.4) is 0 Å². The highest BCUT2D eigenvalue weighted by Crippen LogP contribution is 2.39. The second-order valence-corrected chi connectivity index (χ2v) is 15.1. The van der Waals surface area contributed by atoms with Gasteiger partial charge < -0.3 is 9.13 Å². The Morgan fingerprint density at radius 3 is 1.12 bits per heavy atom. The highest BCUT2D eigenvalue weighted by Gasteiger charge is 2.18. The van der Waals surface area contributed by atoms with Crippen molar-refractivity contribution in [2.45, 2.75) is 0 Å². The van der Waals surface area contributed by atoms with Crippen LogP contribution in [0.4, 0.5) is 0 Å². The van der Waals surface area contributed by atoms with Gasteiger partial charge in [0.1, 0.15) is 0 Å². The molecule has 0 aliphatic carbocycles. The third-order valence-electron chi connectivity index (χ3n) is 11.4. The Morgan fingerprint density at radius 1 is 0.267 bits per heavy atom. The molecule has 0 spiro atoms. The van der Waals surface area contributed by atoms with Gasteiger partial charge in [0.25, 0.3) is 0 Å². The van der Waals surface area contributed by atoms with Gasteiger partial charge in [0.05, 0.1) is 33.8 Å². The van der Waals surface area contributed by atoms with Gasteiger partial charge in [0.15, 0.2) is 0 Å². The number of benzene rings is 7. The second-order valence-electron chi connectivity index (χ2n) is 15.1. The molecule has 4 aromatic heterocycles. The Kier molecular flexibility index (Phi) is 8.79. The van der Waals surface area contributed by atoms with E-state index in [4.69, 9.17) is 9.97 Å². The maximum absolute atomic E-state index is 4.70. The monoisotopic (exact) mass is 766 g/mol. The molecule has 7 aromatic carbocycles. The largest absolute Gasteiger partial charge is 0.309 e. The Bertz CT molecular complexity index is 3080. The van der Waals surface area contributed by atoms with Crippen LogP contribution >= 0.6 is 0 Å². The first-order valence-electron chi connectivity index (χ1n) is 20.3. The minimum atomic E-state index is 0.928. The van der Waals surface area contributed by atoms with Crippen LogP contribution in [-0.2, 0) is 0 Å². The van der Waals surface area contributed by atoms with Gasteiger partial charge in [-0.25, -0.2) is 0 Å². The number of hydrogen-bond acceptors (Lipinski definition) is 2. The molecule has 4 nitrogen and oxygen atoms in total. The van der Waals surface area contributed by atoms with Crippen molar-refractivity contribution in [1.82, 2.24) is 19.1 Å². The van der Waals surface area contributed by atoms with Crippen molar-refractivity contribution in [1.29, 1.82) is 0 Å². The molecule has 0 aliphatic rings. The molecule has 60 heavy (non-hydrogen) atoms. The Hall–Kier alpha value is -8.08. The summed E-state index contributed by atoms with van der Waals surface area (Å²) < 4.78 is 4.84. The van der Waals surface area contributed by atoms with Gasteiger partial charge in [-0.3, -0.25) is 9.97 Å². The lowest BCUT2D eigenvalue weighted by atomic mass is 9.95. The van der Waals surface area contributed by atoms with Gasteiger partial charge in [-0.05, 0) is 118 Å². The zero-order valence-corrected chi connectivity index (χ0v) is 32.7. The highest BCUT2D eigenvalue weighted by molar-refractivity contribution is 5.92. The van der Waals surface area contributed by atoms with Gasteiger partial charge in [-0.1, -0.05) is 133 Å². The summed E-state index contributed by atoms with van der Waals surface area (Å²) >= 11 is 0. The van der Waals surface area contributed by atoms with Gasteiger partial charge >= 0.3 is 0 Å². The van der Waals surface area contributed by atoms with E-state index in [0.717, 1.165) is 78.6 Å². The molecule has 0 aliphatic heterocycles. The topological polar surface area (TPSA) is 35.6 Å². The van der Waals surface area contributed by atoms with Crippen LogP contribution in [0.15, 0.2) is 231 Å². The normalized spacial score (nSPS) is 11.3. The average molecular weight is 767 g/mol. The van der Waals surface area contributed by atoms with Crippen molar-refractivity contribution in [3.8, 4) is 78.7 Å². The first kappa shape index (κ1) is 35.1. The van der Waals surface area contributed by atoms with Crippen LogP contribution < -0.4 is 0 Å². The molecule has 0 atom stereocenters. The summed E-state index contributed by atoms with van der Waals surface area (Å²) in [5, 5.41) is 2.39. The molecular weight excluding hydrogens is 729 g/mol. The average Bonchev–Trinajstić information content (AvgIpc) is 3.92. The summed E-state index contributed by atoms with van der Waals surface area (Å²) in [5.41, 5.74) is 17.6. The van der Waals surface area contributed by atoms with E-state index in [9.17, 15) is 0 Å². The number of hydrogen-bond donors (Lipinski definition) is 0. The third-order valence-corrected chi connectivity index (χ3v) is 11.4. The lowest BCUT2D eigenvalue weighted by Crippen LogP contribution is -2.02. The van der Waals surface area contributed by atoms with Gasteiger partial charge in [0, 0.05) is 45.7 Å². The van der Waals surface area contributed by atoms with Crippen LogP contribution in [0.2, 0.25) is 0 Å². The summed E-state index contributed by atoms with van der Waals surface area (Å²) in [6.07, 6.45) is 3.69. The van der Waals surface area contributed by atoms with E-state index in [-0.39, 0.29) is 0 Å². The molecule has 4 heterocycles. The number of para-hydroxylation sites is 2. The first-order chi connectivity index (χ1) is 29.7. The maximum Gasteiger partial charge on any atom is 0.0702 e. The smallest absolute Gasteiger partial charge is 0.0702 e. The molecule has 4 heteroatoms. The third kappa shape index (κ3) is 6.47. The molecule has 11 aromatic rings. The van der Waals surface area contributed by atoms with Crippen LogP contribution in [-0.4, -0.2) is 19.1 Å². The SMILES string of the molecule is c1ccc(-c2cc3ccccc3n2-c2cc(-c3ccc(-c4cc(-c5ccccn5)cc(-c5ccccn5)c4)cc3)cc(-n3c(-c4ccccc4)cc4ccccc43)c2)cc1. The van der Waals surface area contributed by atoms with Crippen LogP contribution in [0.5, 0.6) is 0 Å². The Balaban J connectivity index is 1.11. The minimum Gasteiger partial charge on any atom is -0.309 e. The lowest BCUT2D eigenvalue weighted by molar-refractivity contribution is 1.09. The highest BCUT2D eigenvalue weighted by atomic mass is 15.0. The van der Waals surface area contributed by atoms with Gasteiger partial charge in [-0.2, -0.15) is 0 Å². The van der Waals surface area contributed by atoms with Crippen molar-refractivity contribution in [2.75, 3.05) is 0 Å². The summed E-state index contributed by atoms with van der Waals surface area (Å²) in [6, 6.07) is 78.1. The van der Waals surface area contributed by atoms with Crippen molar-refractivity contribution in [2.24, 2.45) is 0 Å². The molecule has 0 radical (unpaired) electrons. The molecule has 0 saturated carbocycles. The quantitative estimate of drug-likeness (QED) is 0.154. The van der Waals surface area contributed by atoms with E-state index in [2.05, 4.69) is 203 Å². The maximum atomic E-state index is 4.70. The molecule has 0 N–H and O–H groups in total. The number of pyridine rings is 2. The number of rotatable bonds is 8. The van der Waals surface area contributed by atoms with E-state index in [1.54, 1.807) is 0 Å². The molecule has 0 unspecified atom stereocenters. The first-order valence-corrected chi connectivity index (χ1v) is 20.3. The number of fused-ring (bicyclic) bond motifs is 2. The second kappa shape index (κ2) is 15.0. The molecule has 0 saturated heterocycles. The van der Waals surface area contributed by atoms with Crippen LogP contribution in [0, 0.1) is 0 Å². The Morgan fingerprint density at radius 2 is 0.667 bits per heavy atom. The van der Waals surface area contributed by atoms with Gasteiger partial charge in [0.2, 0.25) is 0 Å². The van der Waals surface area contributed by atoms with Crippen LogP contribution in [0.1, 0.15) is 0 Å². The van der Waals surface area contributed by atoms with E-state index in [0.29, 0.717) is 0 Å². The fourth-order valence-corrected chi connectivity index (χ4v) is 8.54. The van der Waals surface area contributed by atoms with E-state index in [1.165, 1.54) is 21.9 Å². The zero-order chi connectivity index (χ0) is 39.8. The zero-order valence-electron chi connectivity index (χ0n) is 32.7. The van der Waals surface area contributed by atoms with Crippen molar-refractivity contribution >= 4 is 21.8 Å². The van der Waals surface area contributed by atoms with Crippen LogP contribution in [0.25, 0.3) is 100 Å². The number of nitrogens with zero attached hydrogens (tertiary/aromatic N) is 4.